The average molecular weight is 442 g/mol. The van der Waals surface area contributed by atoms with E-state index in [0.29, 0.717) is 11.3 Å². The Kier molecular flexibility index (Phi) is 6.60. The lowest BCUT2D eigenvalue weighted by Gasteiger charge is -2.18. The van der Waals surface area contributed by atoms with E-state index in [1.165, 1.54) is 30.3 Å². The predicted octanol–water partition coefficient (Wildman–Crippen LogP) is 4.64. The Morgan fingerprint density at radius 1 is 1.03 bits per heavy atom. The monoisotopic (exact) mass is 441 g/mol. The topological polar surface area (TPSA) is 78.5 Å². The maximum atomic E-state index is 13.9. The molecule has 0 saturated heterocycles. The minimum Gasteiger partial charge on any atom is -0.375 e. The van der Waals surface area contributed by atoms with Crippen molar-refractivity contribution in [3.8, 4) is 0 Å². The molecule has 31 heavy (non-hydrogen) atoms. The first-order valence-corrected chi connectivity index (χ1v) is 11.2. The van der Waals surface area contributed by atoms with Crippen molar-refractivity contribution >= 4 is 33.0 Å². The molecule has 0 fully saturated rings. The number of para-hydroxylation sites is 1. The number of carbonyl (C=O) groups excluding carboxylic acids is 1. The molecule has 3 aromatic carbocycles. The number of benzene rings is 3. The van der Waals surface area contributed by atoms with E-state index in [2.05, 4.69) is 10.0 Å². The van der Waals surface area contributed by atoms with Crippen molar-refractivity contribution < 1.29 is 17.6 Å². The summed E-state index contributed by atoms with van der Waals surface area (Å²) in [7, 11) is -2.13. The molecule has 0 atom stereocenters. The van der Waals surface area contributed by atoms with Crippen LogP contribution in [-0.2, 0) is 10.0 Å². The molecule has 0 unspecified atom stereocenters. The zero-order valence-electron chi connectivity index (χ0n) is 17.5. The number of rotatable bonds is 7. The van der Waals surface area contributed by atoms with E-state index < -0.39 is 21.7 Å². The fourth-order valence-corrected chi connectivity index (χ4v) is 4.06. The smallest absolute Gasteiger partial charge is 0.262 e. The number of carbonyl (C=O) groups is 1. The first-order chi connectivity index (χ1) is 14.7. The third-order valence-electron chi connectivity index (χ3n) is 4.90. The van der Waals surface area contributed by atoms with E-state index in [1.807, 2.05) is 37.1 Å². The highest BCUT2D eigenvalue weighted by molar-refractivity contribution is 7.92. The van der Waals surface area contributed by atoms with Crippen molar-refractivity contribution in [1.82, 2.24) is 0 Å². The standard InChI is InChI=1S/C23H24FN3O3S/c1-4-27(3)18-9-7-8-17(14-18)25-23(28)20-15-19(13-12-16(20)2)31(29,30)26-22-11-6-5-10-21(22)24/h5-15,26H,4H2,1-3H3,(H,25,28). The third kappa shape index (κ3) is 5.21. The van der Waals surface area contributed by atoms with E-state index in [4.69, 9.17) is 0 Å². The minimum absolute atomic E-state index is 0.133. The average Bonchev–Trinajstić information content (AvgIpc) is 2.75. The zero-order chi connectivity index (χ0) is 22.6. The summed E-state index contributed by atoms with van der Waals surface area (Å²) in [5.74, 6) is -1.12. The molecule has 0 aromatic heterocycles. The van der Waals surface area contributed by atoms with E-state index >= 15 is 0 Å². The molecule has 0 aliphatic rings. The van der Waals surface area contributed by atoms with Crippen LogP contribution in [0.3, 0.4) is 0 Å². The Hall–Kier alpha value is -3.39. The summed E-state index contributed by atoms with van der Waals surface area (Å²) in [4.78, 5) is 14.8. The lowest BCUT2D eigenvalue weighted by molar-refractivity contribution is 0.102. The zero-order valence-corrected chi connectivity index (χ0v) is 18.3. The lowest BCUT2D eigenvalue weighted by Crippen LogP contribution is -2.18. The fourth-order valence-electron chi connectivity index (χ4n) is 2.96. The number of hydrogen-bond acceptors (Lipinski definition) is 4. The third-order valence-corrected chi connectivity index (χ3v) is 6.26. The van der Waals surface area contributed by atoms with Crippen LogP contribution in [0.15, 0.2) is 71.6 Å². The maximum absolute atomic E-state index is 13.9. The van der Waals surface area contributed by atoms with Gasteiger partial charge in [0.15, 0.2) is 0 Å². The highest BCUT2D eigenvalue weighted by Gasteiger charge is 2.19. The Balaban J connectivity index is 1.87. The van der Waals surface area contributed by atoms with E-state index in [-0.39, 0.29) is 16.1 Å². The number of hydrogen-bond donors (Lipinski definition) is 2. The van der Waals surface area contributed by atoms with Gasteiger partial charge in [-0.05, 0) is 61.9 Å². The van der Waals surface area contributed by atoms with Gasteiger partial charge in [-0.3, -0.25) is 9.52 Å². The normalized spacial score (nSPS) is 11.1. The Labute approximate surface area is 181 Å². The highest BCUT2D eigenvalue weighted by Crippen LogP contribution is 2.23. The van der Waals surface area contributed by atoms with Crippen LogP contribution in [0.2, 0.25) is 0 Å². The van der Waals surface area contributed by atoms with Gasteiger partial charge in [0.1, 0.15) is 5.82 Å². The molecule has 0 saturated carbocycles. The van der Waals surface area contributed by atoms with Crippen molar-refractivity contribution in [2.24, 2.45) is 0 Å². The number of amides is 1. The molecule has 0 heterocycles. The summed E-state index contributed by atoms with van der Waals surface area (Å²) in [6.45, 7) is 4.55. The van der Waals surface area contributed by atoms with Gasteiger partial charge in [0, 0.05) is 30.5 Å². The number of aryl methyl sites for hydroxylation is 1. The van der Waals surface area contributed by atoms with Gasteiger partial charge in [-0.25, -0.2) is 12.8 Å². The molecule has 0 aliphatic carbocycles. The Morgan fingerprint density at radius 2 is 1.77 bits per heavy atom. The molecular weight excluding hydrogens is 417 g/mol. The second-order valence-electron chi connectivity index (χ2n) is 7.08. The van der Waals surface area contributed by atoms with E-state index in [9.17, 15) is 17.6 Å². The van der Waals surface area contributed by atoms with Crippen molar-refractivity contribution in [1.29, 1.82) is 0 Å². The molecule has 0 bridgehead atoms. The van der Waals surface area contributed by atoms with Crippen molar-refractivity contribution in [2.45, 2.75) is 18.7 Å². The highest BCUT2D eigenvalue weighted by atomic mass is 32.2. The molecule has 3 aromatic rings. The molecule has 162 valence electrons. The molecule has 6 nitrogen and oxygen atoms in total. The second-order valence-corrected chi connectivity index (χ2v) is 8.76. The van der Waals surface area contributed by atoms with Gasteiger partial charge in [0.05, 0.1) is 10.6 Å². The number of anilines is 3. The van der Waals surface area contributed by atoms with Crippen LogP contribution >= 0.6 is 0 Å². The summed E-state index contributed by atoms with van der Waals surface area (Å²) < 4.78 is 41.6. The molecule has 0 spiro atoms. The molecule has 2 N–H and O–H groups in total. The molecule has 8 heteroatoms. The van der Waals surface area contributed by atoms with Gasteiger partial charge in [-0.15, -0.1) is 0 Å². The van der Waals surface area contributed by atoms with Crippen LogP contribution in [0.4, 0.5) is 21.5 Å². The van der Waals surface area contributed by atoms with E-state index in [1.54, 1.807) is 19.1 Å². The van der Waals surface area contributed by atoms with Crippen LogP contribution in [0.5, 0.6) is 0 Å². The minimum atomic E-state index is -4.08. The Morgan fingerprint density at radius 3 is 2.48 bits per heavy atom. The molecule has 0 aliphatic heterocycles. The predicted molar refractivity (Wildman–Crippen MR) is 122 cm³/mol. The van der Waals surface area contributed by atoms with Crippen LogP contribution in [0, 0.1) is 12.7 Å². The SMILES string of the molecule is CCN(C)c1cccc(NC(=O)c2cc(S(=O)(=O)Nc3ccccc3F)ccc2C)c1. The second kappa shape index (κ2) is 9.18. The molecular formula is C23H24FN3O3S. The van der Waals surface area contributed by atoms with Gasteiger partial charge >= 0.3 is 0 Å². The summed E-state index contributed by atoms with van der Waals surface area (Å²) in [5.41, 5.74) is 2.21. The van der Waals surface area contributed by atoms with Gasteiger partial charge in [-0.2, -0.15) is 0 Å². The number of halogens is 1. The van der Waals surface area contributed by atoms with Crippen molar-refractivity contribution in [3.63, 3.8) is 0 Å². The van der Waals surface area contributed by atoms with Gasteiger partial charge in [0.25, 0.3) is 15.9 Å². The summed E-state index contributed by atoms with van der Waals surface area (Å²) in [6.07, 6.45) is 0. The lowest BCUT2D eigenvalue weighted by atomic mass is 10.1. The van der Waals surface area contributed by atoms with E-state index in [0.717, 1.165) is 18.3 Å². The Bertz CT molecular complexity index is 1210. The largest absolute Gasteiger partial charge is 0.375 e. The quantitative estimate of drug-likeness (QED) is 0.560. The first-order valence-electron chi connectivity index (χ1n) is 9.72. The number of nitrogens with zero attached hydrogens (tertiary/aromatic N) is 1. The fraction of sp³-hybridized carbons (Fsp3) is 0.174. The summed E-state index contributed by atoms with van der Waals surface area (Å²) >= 11 is 0. The van der Waals surface area contributed by atoms with Gasteiger partial charge in [-0.1, -0.05) is 24.3 Å². The summed E-state index contributed by atoms with van der Waals surface area (Å²) in [5, 5.41) is 2.82. The van der Waals surface area contributed by atoms with Gasteiger partial charge in [0.2, 0.25) is 0 Å². The van der Waals surface area contributed by atoms with Crippen LogP contribution in [-0.4, -0.2) is 27.9 Å². The first kappa shape index (κ1) is 22.3. The summed E-state index contributed by atoms with van der Waals surface area (Å²) in [6, 6.07) is 17.1. The van der Waals surface area contributed by atoms with Crippen LogP contribution < -0.4 is 14.9 Å². The maximum Gasteiger partial charge on any atom is 0.262 e. The number of nitrogens with one attached hydrogen (secondary N) is 2. The van der Waals surface area contributed by atoms with Crippen LogP contribution in [0.25, 0.3) is 0 Å². The molecule has 3 rings (SSSR count). The van der Waals surface area contributed by atoms with Crippen molar-refractivity contribution in [2.75, 3.05) is 28.5 Å². The molecule has 0 radical (unpaired) electrons. The molecule has 1 amide bonds. The number of sulfonamides is 1. The van der Waals surface area contributed by atoms with Crippen molar-refractivity contribution in [3.05, 3.63) is 83.7 Å². The van der Waals surface area contributed by atoms with Crippen LogP contribution in [0.1, 0.15) is 22.8 Å². The van der Waals surface area contributed by atoms with Gasteiger partial charge < -0.3 is 10.2 Å².